The van der Waals surface area contributed by atoms with E-state index in [1.807, 2.05) is 0 Å². The zero-order valence-corrected chi connectivity index (χ0v) is 11.8. The van der Waals surface area contributed by atoms with Crippen LogP contribution in [0.25, 0.3) is 6.08 Å². The molecule has 0 heterocycles. The van der Waals surface area contributed by atoms with Gasteiger partial charge in [0, 0.05) is 24.8 Å². The fraction of sp³-hybridized carbons (Fsp3) is 0.286. The van der Waals surface area contributed by atoms with E-state index in [0.29, 0.717) is 5.56 Å². The average molecular weight is 291 g/mol. The number of hydrogen-bond acceptors (Lipinski definition) is 4. The molecule has 2 amide bonds. The van der Waals surface area contributed by atoms with Gasteiger partial charge in [-0.05, 0) is 37.6 Å². The summed E-state index contributed by atoms with van der Waals surface area (Å²) in [6.07, 6.45) is 2.81. The van der Waals surface area contributed by atoms with E-state index < -0.39 is 16.2 Å². The Morgan fingerprint density at radius 3 is 2.38 bits per heavy atom. The topological polar surface area (TPSA) is 115 Å². The lowest BCUT2D eigenvalue weighted by Crippen LogP contribution is -2.41. The van der Waals surface area contributed by atoms with E-state index in [9.17, 15) is 19.7 Å². The number of carbonyl (C=O) groups excluding carboxylic acids is 2. The molecule has 0 unspecified atom stereocenters. The molecule has 3 N–H and O–H groups in total. The summed E-state index contributed by atoms with van der Waals surface area (Å²) in [7, 11) is 0. The van der Waals surface area contributed by atoms with Crippen molar-refractivity contribution in [2.75, 3.05) is 6.54 Å². The Balaban J connectivity index is 2.58. The van der Waals surface area contributed by atoms with Crippen LogP contribution in [-0.4, -0.2) is 23.3 Å². The number of nitro benzene ring substituents is 1. The monoisotopic (exact) mass is 291 g/mol. The van der Waals surface area contributed by atoms with Gasteiger partial charge in [-0.3, -0.25) is 19.7 Å². The summed E-state index contributed by atoms with van der Waals surface area (Å²) in [5.74, 6) is -0.871. The summed E-state index contributed by atoms with van der Waals surface area (Å²) in [6.45, 7) is 3.40. The Morgan fingerprint density at radius 2 is 1.90 bits per heavy atom. The van der Waals surface area contributed by atoms with Crippen molar-refractivity contribution < 1.29 is 14.5 Å². The molecule has 1 rings (SSSR count). The Bertz CT molecular complexity index is 576. The first kappa shape index (κ1) is 16.4. The first-order valence-electron chi connectivity index (χ1n) is 6.22. The largest absolute Gasteiger partial charge is 0.369 e. The highest BCUT2D eigenvalue weighted by atomic mass is 16.6. The first-order chi connectivity index (χ1) is 9.72. The molecule has 0 aliphatic heterocycles. The van der Waals surface area contributed by atoms with E-state index in [2.05, 4.69) is 5.32 Å². The summed E-state index contributed by atoms with van der Waals surface area (Å²) >= 11 is 0. The quantitative estimate of drug-likeness (QED) is 0.466. The second-order valence-corrected chi connectivity index (χ2v) is 5.15. The molecule has 7 heteroatoms. The number of carbonyl (C=O) groups is 2. The van der Waals surface area contributed by atoms with Crippen LogP contribution in [-0.2, 0) is 9.59 Å². The molecule has 0 fully saturated rings. The van der Waals surface area contributed by atoms with Gasteiger partial charge < -0.3 is 11.1 Å². The summed E-state index contributed by atoms with van der Waals surface area (Å²) in [4.78, 5) is 32.7. The van der Waals surface area contributed by atoms with E-state index in [4.69, 9.17) is 5.73 Å². The molecule has 7 nitrogen and oxygen atoms in total. The zero-order chi connectivity index (χ0) is 16.0. The third-order valence-electron chi connectivity index (χ3n) is 2.90. The molecular formula is C14H17N3O4. The number of nitro groups is 1. The highest BCUT2D eigenvalue weighted by Gasteiger charge is 2.24. The second-order valence-electron chi connectivity index (χ2n) is 5.15. The van der Waals surface area contributed by atoms with Crippen LogP contribution in [0, 0.1) is 15.5 Å². The molecule has 0 aliphatic rings. The van der Waals surface area contributed by atoms with Crippen LogP contribution in [0.2, 0.25) is 0 Å². The minimum Gasteiger partial charge on any atom is -0.369 e. The van der Waals surface area contributed by atoms with Crippen molar-refractivity contribution in [3.05, 3.63) is 46.0 Å². The van der Waals surface area contributed by atoms with Crippen LogP contribution in [0.15, 0.2) is 30.3 Å². The number of primary amides is 1. The second kappa shape index (κ2) is 6.65. The Hall–Kier alpha value is -2.70. The van der Waals surface area contributed by atoms with Crippen LogP contribution >= 0.6 is 0 Å². The van der Waals surface area contributed by atoms with Crippen molar-refractivity contribution in [2.24, 2.45) is 11.1 Å². The van der Waals surface area contributed by atoms with Crippen LogP contribution in [0.5, 0.6) is 0 Å². The normalized spacial score (nSPS) is 11.3. The Kier molecular flexibility index (Phi) is 5.18. The van der Waals surface area contributed by atoms with Gasteiger partial charge in [-0.15, -0.1) is 0 Å². The smallest absolute Gasteiger partial charge is 0.269 e. The molecule has 0 bridgehead atoms. The molecule has 0 atom stereocenters. The Labute approximate surface area is 122 Å². The van der Waals surface area contributed by atoms with Gasteiger partial charge in [0.25, 0.3) is 5.69 Å². The fourth-order valence-electron chi connectivity index (χ4n) is 1.33. The minimum atomic E-state index is -0.823. The molecule has 1 aromatic carbocycles. The van der Waals surface area contributed by atoms with Gasteiger partial charge in [0.2, 0.25) is 11.8 Å². The molecule has 21 heavy (non-hydrogen) atoms. The van der Waals surface area contributed by atoms with Gasteiger partial charge in [0.05, 0.1) is 10.3 Å². The third kappa shape index (κ3) is 5.06. The van der Waals surface area contributed by atoms with Gasteiger partial charge in [-0.2, -0.15) is 0 Å². The van der Waals surface area contributed by atoms with E-state index in [-0.39, 0.29) is 18.1 Å². The highest BCUT2D eigenvalue weighted by Crippen LogP contribution is 2.13. The molecule has 0 aliphatic carbocycles. The summed E-state index contributed by atoms with van der Waals surface area (Å²) in [5, 5.41) is 13.1. The van der Waals surface area contributed by atoms with E-state index in [1.54, 1.807) is 13.8 Å². The molecule has 112 valence electrons. The predicted molar refractivity (Wildman–Crippen MR) is 78.1 cm³/mol. The number of nitrogens with zero attached hydrogens (tertiary/aromatic N) is 1. The van der Waals surface area contributed by atoms with Crippen LogP contribution in [0.4, 0.5) is 5.69 Å². The summed E-state index contributed by atoms with van der Waals surface area (Å²) in [5.41, 5.74) is 5.02. The van der Waals surface area contributed by atoms with Crippen LogP contribution < -0.4 is 11.1 Å². The van der Waals surface area contributed by atoms with E-state index in [0.717, 1.165) is 0 Å². The number of benzene rings is 1. The maximum absolute atomic E-state index is 11.6. The van der Waals surface area contributed by atoms with Crippen LogP contribution in [0.3, 0.4) is 0 Å². The van der Waals surface area contributed by atoms with Gasteiger partial charge in [-0.25, -0.2) is 0 Å². The molecule has 0 aromatic heterocycles. The third-order valence-corrected chi connectivity index (χ3v) is 2.90. The summed E-state index contributed by atoms with van der Waals surface area (Å²) in [6, 6.07) is 5.78. The molecule has 0 radical (unpaired) electrons. The predicted octanol–water partition coefficient (Wildman–Crippen LogP) is 1.24. The lowest BCUT2D eigenvalue weighted by Gasteiger charge is -2.19. The van der Waals surface area contributed by atoms with Gasteiger partial charge in [-0.1, -0.05) is 0 Å². The van der Waals surface area contributed by atoms with Crippen LogP contribution in [0.1, 0.15) is 19.4 Å². The van der Waals surface area contributed by atoms with Crippen molar-refractivity contribution in [1.29, 1.82) is 0 Å². The molecular weight excluding hydrogens is 274 g/mol. The lowest BCUT2D eigenvalue weighted by molar-refractivity contribution is -0.384. The maximum Gasteiger partial charge on any atom is 0.269 e. The highest BCUT2D eigenvalue weighted by molar-refractivity contribution is 5.92. The molecule has 0 saturated heterocycles. The SMILES string of the molecule is CC(C)(CNC(=O)C=Cc1ccc([N+](=O)[O-])cc1)C(N)=O. The standard InChI is InChI=1S/C14H17N3O4/c1-14(2,13(15)19)9-16-12(18)8-5-10-3-6-11(7-4-10)17(20)21/h3-8H,9H2,1-2H3,(H2,15,19)(H,16,18). The number of amides is 2. The number of rotatable bonds is 6. The molecule has 1 aromatic rings. The number of hydrogen-bond donors (Lipinski definition) is 2. The van der Waals surface area contributed by atoms with Crippen molar-refractivity contribution in [3.63, 3.8) is 0 Å². The van der Waals surface area contributed by atoms with Crippen molar-refractivity contribution in [3.8, 4) is 0 Å². The zero-order valence-electron chi connectivity index (χ0n) is 11.8. The van der Waals surface area contributed by atoms with E-state index >= 15 is 0 Å². The van der Waals surface area contributed by atoms with Crippen molar-refractivity contribution >= 4 is 23.6 Å². The van der Waals surface area contributed by atoms with Gasteiger partial charge in [0.15, 0.2) is 0 Å². The molecule has 0 spiro atoms. The first-order valence-corrected chi connectivity index (χ1v) is 6.22. The molecule has 0 saturated carbocycles. The number of nitrogens with one attached hydrogen (secondary N) is 1. The average Bonchev–Trinajstić information content (AvgIpc) is 2.43. The van der Waals surface area contributed by atoms with E-state index in [1.165, 1.54) is 36.4 Å². The lowest BCUT2D eigenvalue weighted by atomic mass is 9.93. The van der Waals surface area contributed by atoms with Gasteiger partial charge >= 0.3 is 0 Å². The number of non-ortho nitro benzene ring substituents is 1. The summed E-state index contributed by atoms with van der Waals surface area (Å²) < 4.78 is 0. The maximum atomic E-state index is 11.6. The number of nitrogens with two attached hydrogens (primary N) is 1. The van der Waals surface area contributed by atoms with Crippen molar-refractivity contribution in [2.45, 2.75) is 13.8 Å². The Morgan fingerprint density at radius 1 is 1.33 bits per heavy atom. The minimum absolute atomic E-state index is 0.0141. The van der Waals surface area contributed by atoms with Gasteiger partial charge in [0.1, 0.15) is 0 Å². The van der Waals surface area contributed by atoms with Crippen molar-refractivity contribution in [1.82, 2.24) is 5.32 Å². The fourth-order valence-corrected chi connectivity index (χ4v) is 1.33.